The topological polar surface area (TPSA) is 84.6 Å². The molecule has 6 heteroatoms. The van der Waals surface area contributed by atoms with Crippen molar-refractivity contribution in [2.75, 3.05) is 0 Å². The molecule has 0 bridgehead atoms. The Labute approximate surface area is 164 Å². The molecule has 0 radical (unpaired) electrons. The number of ether oxygens (including phenoxy) is 1. The van der Waals surface area contributed by atoms with E-state index in [0.29, 0.717) is 6.61 Å². The van der Waals surface area contributed by atoms with Gasteiger partial charge in [-0.15, -0.1) is 0 Å². The second-order valence-corrected chi connectivity index (χ2v) is 7.68. The number of amides is 2. The zero-order valence-electron chi connectivity index (χ0n) is 12.8. The number of hydroxylamine groups is 1. The van der Waals surface area contributed by atoms with Gasteiger partial charge < -0.3 is 5.73 Å². The molecule has 1 atom stereocenters. The standard InChI is InChI=1S/C15H15O.CH4N2O2.K/c1-2-13-8-10-15(11-9-13)16-12-14-6-4-3-5-7-14;2-1(4)3-5;/h2-11H,12H2,1H3;5H,(H3,2,3,4);. The van der Waals surface area contributed by atoms with Crippen LogP contribution in [-0.2, 0) is 6.61 Å². The fourth-order valence-electron chi connectivity index (χ4n) is 1.69. The zero-order valence-corrected chi connectivity index (χ0v) is 15.9. The van der Waals surface area contributed by atoms with E-state index in [9.17, 15) is 4.79 Å². The van der Waals surface area contributed by atoms with Gasteiger partial charge in [0.05, 0.1) is 0 Å². The molecule has 22 heavy (non-hydrogen) atoms. The van der Waals surface area contributed by atoms with Gasteiger partial charge in [-0.3, -0.25) is 5.21 Å². The normalized spacial score (nSPS) is 10.9. The van der Waals surface area contributed by atoms with Gasteiger partial charge in [0, 0.05) is 0 Å². The maximum Gasteiger partial charge on any atom is 0.335 e. The van der Waals surface area contributed by atoms with E-state index in [2.05, 4.69) is 49.1 Å². The second-order valence-electron chi connectivity index (χ2n) is 4.97. The van der Waals surface area contributed by atoms with Gasteiger partial charge in [-0.25, -0.2) is 10.3 Å². The molecule has 0 aliphatic rings. The Hall–Kier alpha value is -0.894. The maximum atomic E-state index is 9.23. The molecular formula is C16H19KN2O3. The zero-order chi connectivity index (χ0) is 16.4. The molecule has 112 valence electrons. The van der Waals surface area contributed by atoms with Crippen LogP contribution < -0.4 is 16.0 Å². The van der Waals surface area contributed by atoms with Crippen LogP contribution in [0, 0.1) is 0 Å². The molecule has 0 saturated carbocycles. The van der Waals surface area contributed by atoms with Gasteiger partial charge >= 0.3 is 145 Å². The summed E-state index contributed by atoms with van der Waals surface area (Å²) in [5.41, 5.74) is 8.09. The van der Waals surface area contributed by atoms with Crippen LogP contribution in [0.4, 0.5) is 4.79 Å². The van der Waals surface area contributed by atoms with Gasteiger partial charge in [0.1, 0.15) is 0 Å². The summed E-state index contributed by atoms with van der Waals surface area (Å²) >= 11 is 0.847. The van der Waals surface area contributed by atoms with Gasteiger partial charge in [-0.1, -0.05) is 0 Å². The van der Waals surface area contributed by atoms with Crippen molar-refractivity contribution in [2.45, 2.75) is 13.5 Å². The van der Waals surface area contributed by atoms with E-state index in [4.69, 9.17) is 9.94 Å². The van der Waals surface area contributed by atoms with Crippen LogP contribution >= 0.6 is 0 Å². The van der Waals surface area contributed by atoms with Crippen molar-refractivity contribution in [3.05, 3.63) is 65.7 Å². The molecule has 2 rings (SSSR count). The molecule has 2 aromatic rings. The van der Waals surface area contributed by atoms with Crippen LogP contribution in [0.15, 0.2) is 54.6 Å². The monoisotopic (exact) mass is 326 g/mol. The van der Waals surface area contributed by atoms with Crippen molar-refractivity contribution in [1.29, 1.82) is 0 Å². The number of carbonyl (C=O) groups is 1. The van der Waals surface area contributed by atoms with Crippen molar-refractivity contribution in [1.82, 2.24) is 5.48 Å². The Balaban J connectivity index is 0.000000422. The summed E-state index contributed by atoms with van der Waals surface area (Å²) in [4.78, 5) is 9.23. The first kappa shape index (κ1) is 19.2. The van der Waals surface area contributed by atoms with Gasteiger partial charge in [0.25, 0.3) is 0 Å². The van der Waals surface area contributed by atoms with E-state index in [1.165, 1.54) is 16.6 Å². The Morgan fingerprint density at radius 1 is 1.23 bits per heavy atom. The Morgan fingerprint density at radius 2 is 1.77 bits per heavy atom. The summed E-state index contributed by atoms with van der Waals surface area (Å²) in [6.07, 6.45) is 0. The number of nitrogens with two attached hydrogens (primary N) is 1. The van der Waals surface area contributed by atoms with Crippen molar-refractivity contribution in [3.8, 4) is 5.75 Å². The van der Waals surface area contributed by atoms with Crippen LogP contribution in [0.2, 0.25) is 0 Å². The summed E-state index contributed by atoms with van der Waals surface area (Å²) < 4.78 is 6.50. The molecule has 0 heterocycles. The number of urea groups is 1. The predicted molar refractivity (Wildman–Crippen MR) is 85.9 cm³/mol. The Morgan fingerprint density at radius 3 is 2.23 bits per heavy atom. The van der Waals surface area contributed by atoms with E-state index in [0.717, 1.165) is 54.7 Å². The molecule has 2 amide bonds. The minimum Gasteiger partial charge on any atom is -0.350 e. The van der Waals surface area contributed by atoms with Crippen LogP contribution in [0.3, 0.4) is 0 Å². The number of rotatable bonds is 4. The summed E-state index contributed by atoms with van der Waals surface area (Å²) in [6.45, 7) is 2.92. The van der Waals surface area contributed by atoms with Crippen LogP contribution in [0.1, 0.15) is 18.1 Å². The Kier molecular flexibility index (Phi) is 9.38. The average molecular weight is 326 g/mol. The van der Waals surface area contributed by atoms with Gasteiger partial charge in [0.2, 0.25) is 0 Å². The van der Waals surface area contributed by atoms with Crippen LogP contribution in [-0.4, -0.2) is 60.2 Å². The third-order valence-electron chi connectivity index (χ3n) is 2.91. The Bertz CT molecular complexity index is 559. The first-order valence-electron chi connectivity index (χ1n) is 6.99. The van der Waals surface area contributed by atoms with E-state index in [-0.39, 0.29) is 0 Å². The van der Waals surface area contributed by atoms with E-state index >= 15 is 0 Å². The summed E-state index contributed by atoms with van der Waals surface area (Å²) in [5.74, 6) is 0.950. The molecule has 5 nitrogen and oxygen atoms in total. The third-order valence-corrected chi connectivity index (χ3v) is 3.95. The van der Waals surface area contributed by atoms with Crippen molar-refractivity contribution in [3.63, 3.8) is 0 Å². The number of carbonyl (C=O) groups excluding carboxylic acids is 1. The van der Waals surface area contributed by atoms with E-state index in [1.807, 2.05) is 18.2 Å². The molecule has 0 aromatic heterocycles. The summed E-state index contributed by atoms with van der Waals surface area (Å²) in [7, 11) is 0. The molecular weight excluding hydrogens is 307 g/mol. The van der Waals surface area contributed by atoms with Gasteiger partial charge in [-0.05, 0) is 0 Å². The molecule has 0 aliphatic heterocycles. The van der Waals surface area contributed by atoms with Crippen molar-refractivity contribution in [2.24, 2.45) is 5.73 Å². The third kappa shape index (κ3) is 7.93. The van der Waals surface area contributed by atoms with Crippen LogP contribution in [0.5, 0.6) is 5.75 Å². The fraction of sp³-hybridized carbons (Fsp3) is 0.188. The average Bonchev–Trinajstić information content (AvgIpc) is 2.55. The second kappa shape index (κ2) is 10.8. The summed E-state index contributed by atoms with van der Waals surface area (Å²) in [5, 5.41) is 7.42. The summed E-state index contributed by atoms with van der Waals surface area (Å²) in [6, 6.07) is 17.8. The number of primary amides is 1. The van der Waals surface area contributed by atoms with Gasteiger partial charge in [0.15, 0.2) is 0 Å². The molecule has 0 aliphatic carbocycles. The number of hydrogen-bond donors (Lipinski definition) is 3. The van der Waals surface area contributed by atoms with Gasteiger partial charge in [-0.2, -0.15) is 0 Å². The van der Waals surface area contributed by atoms with Crippen molar-refractivity contribution < 1.29 is 14.7 Å². The quantitative estimate of drug-likeness (QED) is 0.458. The molecule has 2 aromatic carbocycles. The SMILES string of the molecule is C[CH]([K])c1ccc(OCc2ccccc2)cc1.NC(=O)NO. The minimum absolute atomic E-state index is 0.639. The van der Waals surface area contributed by atoms with E-state index in [1.54, 1.807) is 0 Å². The molecule has 0 spiro atoms. The molecule has 0 saturated heterocycles. The first-order valence-corrected chi connectivity index (χ1v) is 8.79. The van der Waals surface area contributed by atoms with E-state index < -0.39 is 6.03 Å². The number of nitrogens with one attached hydrogen (secondary N) is 1. The number of benzene rings is 2. The smallest absolute Gasteiger partial charge is 0.335 e. The predicted octanol–water partition coefficient (Wildman–Crippen LogP) is 2.54. The largest absolute Gasteiger partial charge is 0.350 e. The van der Waals surface area contributed by atoms with Crippen molar-refractivity contribution >= 4 is 55.0 Å². The first-order chi connectivity index (χ1) is 10.5. The molecule has 0 fully saturated rings. The molecule has 1 unspecified atom stereocenters. The minimum atomic E-state index is -0.940. The molecule has 4 N–H and O–H groups in total. The fourth-order valence-corrected chi connectivity index (χ4v) is 2.29. The number of hydrogen-bond acceptors (Lipinski definition) is 3. The maximum absolute atomic E-state index is 9.23. The van der Waals surface area contributed by atoms with Crippen LogP contribution in [0.25, 0.3) is 0 Å².